The highest BCUT2D eigenvalue weighted by Gasteiger charge is 2.51. The summed E-state index contributed by atoms with van der Waals surface area (Å²) < 4.78 is 11.7. The van der Waals surface area contributed by atoms with Gasteiger partial charge in [0, 0.05) is 55.7 Å². The highest BCUT2D eigenvalue weighted by atomic mass is 16.5. The van der Waals surface area contributed by atoms with Gasteiger partial charge in [0.25, 0.3) is 0 Å². The third-order valence-corrected chi connectivity index (χ3v) is 5.63. The Morgan fingerprint density at radius 1 is 1.29 bits per heavy atom. The van der Waals surface area contributed by atoms with Crippen LogP contribution in [0, 0.1) is 11.3 Å². The Morgan fingerprint density at radius 2 is 2.25 bits per heavy atom. The van der Waals surface area contributed by atoms with Gasteiger partial charge >= 0.3 is 0 Å². The summed E-state index contributed by atoms with van der Waals surface area (Å²) in [5.41, 5.74) is 1.39. The lowest BCUT2D eigenvalue weighted by Crippen LogP contribution is -2.33. The minimum absolute atomic E-state index is 0.121. The quantitative estimate of drug-likeness (QED) is 0.838. The topological polar surface area (TPSA) is 64.3 Å². The van der Waals surface area contributed by atoms with Crippen molar-refractivity contribution < 1.29 is 9.15 Å². The maximum absolute atomic E-state index is 5.92. The first kappa shape index (κ1) is 14.5. The largest absolute Gasteiger partial charge is 0.425 e. The average Bonchev–Trinajstić information content (AvgIpc) is 3.09. The predicted octanol–water partition coefficient (Wildman–Crippen LogP) is 2.03. The van der Waals surface area contributed by atoms with Crippen LogP contribution in [0.2, 0.25) is 0 Å². The number of nitrogens with zero attached hydrogens (tertiary/aromatic N) is 4. The SMILES string of the molecule is c1cncc(CN2C[C@@H]3COC[C@]3(Cc3nnc(C4CC4)o3)C2)c1. The lowest BCUT2D eigenvalue weighted by Gasteiger charge is -2.25. The van der Waals surface area contributed by atoms with Gasteiger partial charge in [-0.1, -0.05) is 6.07 Å². The van der Waals surface area contributed by atoms with Gasteiger partial charge in [-0.05, 0) is 24.5 Å². The average molecular weight is 326 g/mol. The molecule has 0 N–H and O–H groups in total. The molecule has 0 radical (unpaired) electrons. The molecular formula is C18H22N4O2. The standard InChI is InChI=1S/C18H22N4O2/c1-2-13(7-19-5-1)8-22-9-15-10-23-12-18(15,11-22)6-16-20-21-17(24-16)14-3-4-14/h1-2,5,7,14-15H,3-4,6,8-12H2/t15-,18+/m1/s1. The number of fused-ring (bicyclic) bond motifs is 1. The molecule has 3 aliphatic rings. The summed E-state index contributed by atoms with van der Waals surface area (Å²) in [7, 11) is 0. The molecule has 5 rings (SSSR count). The fraction of sp³-hybridized carbons (Fsp3) is 0.611. The van der Waals surface area contributed by atoms with Crippen LogP contribution >= 0.6 is 0 Å². The van der Waals surface area contributed by atoms with Crippen molar-refractivity contribution in [3.8, 4) is 0 Å². The number of ether oxygens (including phenoxy) is 1. The molecule has 24 heavy (non-hydrogen) atoms. The third kappa shape index (κ3) is 2.63. The second kappa shape index (κ2) is 5.63. The summed E-state index contributed by atoms with van der Waals surface area (Å²) in [4.78, 5) is 6.74. The molecule has 6 nitrogen and oxygen atoms in total. The Hall–Kier alpha value is -1.79. The Balaban J connectivity index is 1.31. The molecule has 1 saturated carbocycles. The molecule has 3 fully saturated rings. The molecule has 2 aliphatic heterocycles. The molecule has 6 heteroatoms. The van der Waals surface area contributed by atoms with E-state index in [1.165, 1.54) is 18.4 Å². The summed E-state index contributed by atoms with van der Waals surface area (Å²) in [6.07, 6.45) is 7.00. The molecule has 0 unspecified atom stereocenters. The molecule has 126 valence electrons. The molecule has 0 amide bonds. The number of aromatic nitrogens is 3. The van der Waals surface area contributed by atoms with E-state index in [0.717, 1.165) is 51.1 Å². The highest BCUT2D eigenvalue weighted by Crippen LogP contribution is 2.45. The number of hydrogen-bond donors (Lipinski definition) is 0. The summed E-state index contributed by atoms with van der Waals surface area (Å²) >= 11 is 0. The monoisotopic (exact) mass is 326 g/mol. The van der Waals surface area contributed by atoms with Crippen molar-refractivity contribution in [2.24, 2.45) is 11.3 Å². The smallest absolute Gasteiger partial charge is 0.219 e. The number of likely N-dealkylation sites (tertiary alicyclic amines) is 1. The van der Waals surface area contributed by atoms with Crippen LogP contribution in [0.5, 0.6) is 0 Å². The van der Waals surface area contributed by atoms with E-state index in [4.69, 9.17) is 9.15 Å². The molecular weight excluding hydrogens is 304 g/mol. The van der Waals surface area contributed by atoms with Crippen molar-refractivity contribution >= 4 is 0 Å². The Morgan fingerprint density at radius 3 is 3.08 bits per heavy atom. The van der Waals surface area contributed by atoms with Gasteiger partial charge in [-0.2, -0.15) is 0 Å². The van der Waals surface area contributed by atoms with Crippen LogP contribution < -0.4 is 0 Å². The van der Waals surface area contributed by atoms with Crippen molar-refractivity contribution in [2.75, 3.05) is 26.3 Å². The lowest BCUT2D eigenvalue weighted by atomic mass is 9.78. The molecule has 0 aromatic carbocycles. The van der Waals surface area contributed by atoms with Crippen LogP contribution in [-0.2, 0) is 17.7 Å². The zero-order valence-corrected chi connectivity index (χ0v) is 13.7. The van der Waals surface area contributed by atoms with Crippen LogP contribution in [0.3, 0.4) is 0 Å². The van der Waals surface area contributed by atoms with Crippen LogP contribution in [0.25, 0.3) is 0 Å². The normalized spacial score (nSPS) is 29.9. The molecule has 1 aliphatic carbocycles. The lowest BCUT2D eigenvalue weighted by molar-refractivity contribution is 0.123. The van der Waals surface area contributed by atoms with Crippen molar-refractivity contribution in [3.05, 3.63) is 41.9 Å². The van der Waals surface area contributed by atoms with E-state index in [0.29, 0.717) is 11.8 Å². The van der Waals surface area contributed by atoms with E-state index in [2.05, 4.69) is 26.1 Å². The maximum Gasteiger partial charge on any atom is 0.219 e. The van der Waals surface area contributed by atoms with Crippen LogP contribution in [0.1, 0.15) is 36.1 Å². The predicted molar refractivity (Wildman–Crippen MR) is 86.2 cm³/mol. The molecule has 2 aromatic heterocycles. The number of hydrogen-bond acceptors (Lipinski definition) is 6. The van der Waals surface area contributed by atoms with E-state index >= 15 is 0 Å². The van der Waals surface area contributed by atoms with E-state index in [1.54, 1.807) is 0 Å². The Bertz CT molecular complexity index is 715. The second-order valence-corrected chi connectivity index (χ2v) is 7.59. The molecule has 0 spiro atoms. The second-order valence-electron chi connectivity index (χ2n) is 7.59. The zero-order valence-electron chi connectivity index (χ0n) is 13.7. The van der Waals surface area contributed by atoms with Crippen LogP contribution in [-0.4, -0.2) is 46.4 Å². The molecule has 2 atom stereocenters. The first-order valence-electron chi connectivity index (χ1n) is 8.82. The summed E-state index contributed by atoms with van der Waals surface area (Å²) in [6, 6.07) is 4.15. The van der Waals surface area contributed by atoms with Gasteiger partial charge in [0.2, 0.25) is 11.8 Å². The van der Waals surface area contributed by atoms with Gasteiger partial charge in [0.15, 0.2) is 0 Å². The Kier molecular flexibility index (Phi) is 3.41. The zero-order chi connectivity index (χ0) is 16.0. The minimum atomic E-state index is 0.121. The third-order valence-electron chi connectivity index (χ3n) is 5.63. The van der Waals surface area contributed by atoms with E-state index < -0.39 is 0 Å². The number of pyridine rings is 1. The highest BCUT2D eigenvalue weighted by molar-refractivity contribution is 5.11. The molecule has 0 bridgehead atoms. The minimum Gasteiger partial charge on any atom is -0.425 e. The maximum atomic E-state index is 5.92. The Labute approximate surface area is 141 Å². The van der Waals surface area contributed by atoms with Gasteiger partial charge in [0.05, 0.1) is 13.2 Å². The van der Waals surface area contributed by atoms with Gasteiger partial charge in [-0.15, -0.1) is 10.2 Å². The first-order valence-corrected chi connectivity index (χ1v) is 8.82. The van der Waals surface area contributed by atoms with E-state index in [1.807, 2.05) is 18.5 Å². The molecule has 2 aromatic rings. The fourth-order valence-electron chi connectivity index (χ4n) is 4.20. The van der Waals surface area contributed by atoms with Crippen LogP contribution in [0.4, 0.5) is 0 Å². The first-order chi connectivity index (χ1) is 11.8. The van der Waals surface area contributed by atoms with E-state index in [-0.39, 0.29) is 5.41 Å². The van der Waals surface area contributed by atoms with Gasteiger partial charge in [-0.3, -0.25) is 9.88 Å². The van der Waals surface area contributed by atoms with Crippen molar-refractivity contribution in [1.82, 2.24) is 20.1 Å². The van der Waals surface area contributed by atoms with Crippen molar-refractivity contribution in [3.63, 3.8) is 0 Å². The van der Waals surface area contributed by atoms with Gasteiger partial charge in [0.1, 0.15) is 0 Å². The van der Waals surface area contributed by atoms with Gasteiger partial charge in [-0.25, -0.2) is 0 Å². The summed E-state index contributed by atoms with van der Waals surface area (Å²) in [5, 5.41) is 8.54. The summed E-state index contributed by atoms with van der Waals surface area (Å²) in [5.74, 6) is 2.69. The fourth-order valence-corrected chi connectivity index (χ4v) is 4.20. The molecule has 4 heterocycles. The van der Waals surface area contributed by atoms with Crippen LogP contribution in [0.15, 0.2) is 28.9 Å². The summed E-state index contributed by atoms with van der Waals surface area (Å²) in [6.45, 7) is 4.67. The number of rotatable bonds is 5. The van der Waals surface area contributed by atoms with Crippen molar-refractivity contribution in [2.45, 2.75) is 31.7 Å². The van der Waals surface area contributed by atoms with E-state index in [9.17, 15) is 0 Å². The van der Waals surface area contributed by atoms with Gasteiger partial charge < -0.3 is 9.15 Å². The molecule has 2 saturated heterocycles. The van der Waals surface area contributed by atoms with Crippen molar-refractivity contribution in [1.29, 1.82) is 0 Å².